The van der Waals surface area contributed by atoms with Gasteiger partial charge in [0, 0.05) is 51.3 Å². The Morgan fingerprint density at radius 1 is 0.929 bits per heavy atom. The van der Waals surface area contributed by atoms with Crippen molar-refractivity contribution in [3.63, 3.8) is 0 Å². The van der Waals surface area contributed by atoms with Gasteiger partial charge in [-0.3, -0.25) is 14.5 Å². The minimum atomic E-state index is -0.447. The van der Waals surface area contributed by atoms with Crippen LogP contribution in [0.4, 0.5) is 0 Å². The van der Waals surface area contributed by atoms with Crippen molar-refractivity contribution in [2.75, 3.05) is 88.1 Å². The monoisotopic (exact) mass is 584 g/mol. The minimum absolute atomic E-state index is 0.118. The van der Waals surface area contributed by atoms with Crippen molar-refractivity contribution in [2.45, 2.75) is 12.5 Å². The summed E-state index contributed by atoms with van der Waals surface area (Å²) in [6.07, 6.45) is 0.420. The summed E-state index contributed by atoms with van der Waals surface area (Å²) in [6, 6.07) is 10.6. The van der Waals surface area contributed by atoms with Gasteiger partial charge in [0.15, 0.2) is 11.5 Å². The number of hydrazone groups is 1. The standard InChI is InChI=1S/C30H40N4O8/c1-37-20-30(36)33(11-10-32-12-14-42-15-13-32)19-29(35)34-25(21-6-9-26(39-3)28(16-21)41-5)18-24(31-34)23-8-7-22(38-2)17-27(23)40-4/h6-9,16-17,25H,10-15,18-20H2,1-5H3. The Balaban J connectivity index is 1.65. The van der Waals surface area contributed by atoms with Crippen LogP contribution in [0.15, 0.2) is 41.5 Å². The second-order valence-corrected chi connectivity index (χ2v) is 9.89. The van der Waals surface area contributed by atoms with E-state index in [-0.39, 0.29) is 25.0 Å². The fourth-order valence-corrected chi connectivity index (χ4v) is 5.09. The Labute approximate surface area is 246 Å². The highest BCUT2D eigenvalue weighted by molar-refractivity contribution is 6.05. The Kier molecular flexibility index (Phi) is 11.0. The number of carbonyl (C=O) groups is 2. The largest absolute Gasteiger partial charge is 0.497 e. The SMILES string of the molecule is COCC(=O)N(CCN1CCOCC1)CC(=O)N1N=C(c2ccc(OC)cc2OC)CC1c1ccc(OC)c(OC)c1. The summed E-state index contributed by atoms with van der Waals surface area (Å²) in [6.45, 7) is 3.61. The molecule has 0 N–H and O–H groups in total. The fourth-order valence-electron chi connectivity index (χ4n) is 5.09. The van der Waals surface area contributed by atoms with Crippen LogP contribution in [0.5, 0.6) is 23.0 Å². The summed E-state index contributed by atoms with van der Waals surface area (Å²) < 4.78 is 32.5. The lowest BCUT2D eigenvalue weighted by atomic mass is 9.97. The van der Waals surface area contributed by atoms with Gasteiger partial charge in [0.1, 0.15) is 24.7 Å². The van der Waals surface area contributed by atoms with Crippen LogP contribution in [0.1, 0.15) is 23.6 Å². The highest BCUT2D eigenvalue weighted by Gasteiger charge is 2.36. The molecule has 12 heteroatoms. The summed E-state index contributed by atoms with van der Waals surface area (Å²) in [4.78, 5) is 30.7. The molecule has 2 heterocycles. The molecule has 0 radical (unpaired) electrons. The third-order valence-corrected chi connectivity index (χ3v) is 7.41. The number of amides is 2. The van der Waals surface area contributed by atoms with Crippen molar-refractivity contribution < 1.29 is 38.0 Å². The summed E-state index contributed by atoms with van der Waals surface area (Å²) >= 11 is 0. The molecule has 4 rings (SSSR count). The topological polar surface area (TPSA) is 112 Å². The number of morpholine rings is 1. The van der Waals surface area contributed by atoms with Crippen LogP contribution >= 0.6 is 0 Å². The molecule has 2 aromatic rings. The van der Waals surface area contributed by atoms with Crippen LogP contribution in [-0.4, -0.2) is 120 Å². The smallest absolute Gasteiger partial charge is 0.262 e. The van der Waals surface area contributed by atoms with E-state index in [1.165, 1.54) is 17.0 Å². The van der Waals surface area contributed by atoms with E-state index in [4.69, 9.17) is 33.5 Å². The Bertz CT molecular complexity index is 1260. The van der Waals surface area contributed by atoms with Crippen molar-refractivity contribution in [1.29, 1.82) is 0 Å². The number of nitrogens with zero attached hydrogens (tertiary/aromatic N) is 4. The van der Waals surface area contributed by atoms with Gasteiger partial charge in [0.05, 0.1) is 53.4 Å². The molecule has 2 amide bonds. The lowest BCUT2D eigenvalue weighted by Gasteiger charge is -2.31. The molecule has 0 saturated carbocycles. The zero-order chi connectivity index (χ0) is 30.1. The molecular weight excluding hydrogens is 544 g/mol. The quantitative estimate of drug-likeness (QED) is 0.350. The maximum Gasteiger partial charge on any atom is 0.262 e. The van der Waals surface area contributed by atoms with E-state index in [0.29, 0.717) is 61.4 Å². The summed E-state index contributed by atoms with van der Waals surface area (Å²) in [5, 5.41) is 6.26. The van der Waals surface area contributed by atoms with Gasteiger partial charge in [-0.1, -0.05) is 6.07 Å². The van der Waals surface area contributed by atoms with E-state index in [0.717, 1.165) is 24.2 Å². The van der Waals surface area contributed by atoms with Crippen LogP contribution in [0.25, 0.3) is 0 Å². The summed E-state index contributed by atoms with van der Waals surface area (Å²) in [5.41, 5.74) is 2.24. The van der Waals surface area contributed by atoms with Gasteiger partial charge in [-0.25, -0.2) is 5.01 Å². The number of ether oxygens (including phenoxy) is 6. The van der Waals surface area contributed by atoms with Crippen LogP contribution < -0.4 is 18.9 Å². The average molecular weight is 585 g/mol. The number of methoxy groups -OCH3 is 5. The zero-order valence-corrected chi connectivity index (χ0v) is 25.0. The molecule has 2 aliphatic heterocycles. The zero-order valence-electron chi connectivity index (χ0n) is 25.0. The number of hydrogen-bond acceptors (Lipinski definition) is 10. The van der Waals surface area contributed by atoms with Gasteiger partial charge in [0.25, 0.3) is 5.91 Å². The highest BCUT2D eigenvalue weighted by atomic mass is 16.5. The molecule has 42 heavy (non-hydrogen) atoms. The molecule has 0 bridgehead atoms. The van der Waals surface area contributed by atoms with Crippen molar-refractivity contribution in [2.24, 2.45) is 5.10 Å². The lowest BCUT2D eigenvalue weighted by molar-refractivity contribution is -0.143. The summed E-state index contributed by atoms with van der Waals surface area (Å²) in [5.74, 6) is 1.77. The fraction of sp³-hybridized carbons (Fsp3) is 0.500. The van der Waals surface area contributed by atoms with Crippen LogP contribution in [0.3, 0.4) is 0 Å². The van der Waals surface area contributed by atoms with Gasteiger partial charge in [-0.05, 0) is 29.8 Å². The third-order valence-electron chi connectivity index (χ3n) is 7.41. The van der Waals surface area contributed by atoms with Crippen LogP contribution in [-0.2, 0) is 19.1 Å². The van der Waals surface area contributed by atoms with Crippen molar-refractivity contribution >= 4 is 17.5 Å². The Hall–Kier alpha value is -3.87. The van der Waals surface area contributed by atoms with Gasteiger partial charge >= 0.3 is 0 Å². The first-order valence-electron chi connectivity index (χ1n) is 13.8. The molecule has 0 aromatic heterocycles. The van der Waals surface area contributed by atoms with Crippen LogP contribution in [0, 0.1) is 0 Å². The number of benzene rings is 2. The lowest BCUT2D eigenvalue weighted by Crippen LogP contribution is -2.47. The normalized spacial score (nSPS) is 17.0. The molecule has 0 spiro atoms. The van der Waals surface area contributed by atoms with E-state index in [9.17, 15) is 9.59 Å². The first-order valence-corrected chi connectivity index (χ1v) is 13.8. The van der Waals surface area contributed by atoms with Crippen LogP contribution in [0.2, 0.25) is 0 Å². The van der Waals surface area contributed by atoms with Crippen molar-refractivity contribution in [3.8, 4) is 23.0 Å². The van der Waals surface area contributed by atoms with E-state index < -0.39 is 6.04 Å². The van der Waals surface area contributed by atoms with Crippen molar-refractivity contribution in [1.82, 2.24) is 14.8 Å². The first-order chi connectivity index (χ1) is 20.4. The third kappa shape index (κ3) is 7.30. The maximum absolute atomic E-state index is 14.0. The van der Waals surface area contributed by atoms with Gasteiger partial charge in [-0.15, -0.1) is 0 Å². The minimum Gasteiger partial charge on any atom is -0.497 e. The predicted molar refractivity (Wildman–Crippen MR) is 156 cm³/mol. The second-order valence-electron chi connectivity index (χ2n) is 9.89. The first kappa shape index (κ1) is 31.1. The molecule has 0 aliphatic carbocycles. The number of hydrogen-bond donors (Lipinski definition) is 0. The van der Waals surface area contributed by atoms with Gasteiger partial charge in [0.2, 0.25) is 5.91 Å². The number of carbonyl (C=O) groups excluding carboxylic acids is 2. The van der Waals surface area contributed by atoms with E-state index in [1.807, 2.05) is 24.3 Å². The molecule has 2 aliphatic rings. The molecular formula is C30H40N4O8. The van der Waals surface area contributed by atoms with Crippen molar-refractivity contribution in [3.05, 3.63) is 47.5 Å². The molecule has 2 aromatic carbocycles. The molecule has 1 atom stereocenters. The maximum atomic E-state index is 14.0. The highest BCUT2D eigenvalue weighted by Crippen LogP contribution is 2.39. The Morgan fingerprint density at radius 3 is 2.33 bits per heavy atom. The van der Waals surface area contributed by atoms with Gasteiger partial charge < -0.3 is 33.3 Å². The predicted octanol–water partition coefficient (Wildman–Crippen LogP) is 2.21. The van der Waals surface area contributed by atoms with E-state index >= 15 is 0 Å². The second kappa shape index (κ2) is 14.9. The average Bonchev–Trinajstić information content (AvgIpc) is 3.48. The van der Waals surface area contributed by atoms with E-state index in [2.05, 4.69) is 4.90 Å². The molecule has 1 unspecified atom stereocenters. The van der Waals surface area contributed by atoms with E-state index in [1.54, 1.807) is 40.6 Å². The Morgan fingerprint density at radius 2 is 1.67 bits per heavy atom. The molecule has 228 valence electrons. The van der Waals surface area contributed by atoms with Gasteiger partial charge in [-0.2, -0.15) is 5.10 Å². The molecule has 12 nitrogen and oxygen atoms in total. The number of rotatable bonds is 13. The summed E-state index contributed by atoms with van der Waals surface area (Å²) in [7, 11) is 7.77. The molecule has 1 fully saturated rings. The molecule has 1 saturated heterocycles.